The summed E-state index contributed by atoms with van der Waals surface area (Å²) >= 11 is 0. The van der Waals surface area contributed by atoms with Gasteiger partial charge in [0.1, 0.15) is 5.75 Å². The number of nitrogens with zero attached hydrogens (tertiary/aromatic N) is 1. The second-order valence-electron chi connectivity index (χ2n) is 4.29. The van der Waals surface area contributed by atoms with Crippen molar-refractivity contribution in [3.63, 3.8) is 0 Å². The van der Waals surface area contributed by atoms with Gasteiger partial charge in [-0.1, -0.05) is 12.1 Å². The molecular formula is C17H15NO3. The molecule has 0 fully saturated rings. The average Bonchev–Trinajstić information content (AvgIpc) is 2.52. The molecular weight excluding hydrogens is 266 g/mol. The Morgan fingerprint density at radius 1 is 1.05 bits per heavy atom. The maximum Gasteiger partial charge on any atom is 0.328 e. The molecule has 0 heterocycles. The van der Waals surface area contributed by atoms with Gasteiger partial charge in [0.15, 0.2) is 0 Å². The molecule has 0 aliphatic heterocycles. The van der Waals surface area contributed by atoms with Crippen LogP contribution in [0.1, 0.15) is 11.1 Å². The van der Waals surface area contributed by atoms with Gasteiger partial charge in [-0.05, 0) is 53.6 Å². The number of hydrogen-bond donors (Lipinski definition) is 1. The summed E-state index contributed by atoms with van der Waals surface area (Å²) in [6.45, 7) is 0. The maximum atomic E-state index is 10.4. The SMILES string of the molecule is COc1ccc(C=Nc2ccc(/C=C/C(=O)O)cc2)cc1. The van der Waals surface area contributed by atoms with E-state index < -0.39 is 5.97 Å². The second-order valence-corrected chi connectivity index (χ2v) is 4.29. The molecule has 0 saturated carbocycles. The number of benzene rings is 2. The fraction of sp³-hybridized carbons (Fsp3) is 0.0588. The van der Waals surface area contributed by atoms with E-state index in [0.29, 0.717) is 0 Å². The monoisotopic (exact) mass is 281 g/mol. The molecule has 21 heavy (non-hydrogen) atoms. The van der Waals surface area contributed by atoms with Crippen LogP contribution < -0.4 is 4.74 Å². The molecule has 2 aromatic rings. The Hall–Kier alpha value is -2.88. The first-order valence-electron chi connectivity index (χ1n) is 6.36. The van der Waals surface area contributed by atoms with Crippen LogP contribution in [0.25, 0.3) is 6.08 Å². The van der Waals surface area contributed by atoms with Crippen molar-refractivity contribution in [3.8, 4) is 5.75 Å². The van der Waals surface area contributed by atoms with Gasteiger partial charge in [0.2, 0.25) is 0 Å². The molecule has 2 rings (SSSR count). The topological polar surface area (TPSA) is 58.9 Å². The van der Waals surface area contributed by atoms with E-state index >= 15 is 0 Å². The molecule has 0 unspecified atom stereocenters. The highest BCUT2D eigenvalue weighted by Gasteiger charge is 1.93. The quantitative estimate of drug-likeness (QED) is 0.673. The molecule has 0 saturated heterocycles. The Balaban J connectivity index is 2.05. The first kappa shape index (κ1) is 14.5. The molecule has 2 aromatic carbocycles. The third kappa shape index (κ3) is 4.62. The lowest BCUT2D eigenvalue weighted by Gasteiger charge is -1.99. The fourth-order valence-corrected chi connectivity index (χ4v) is 1.68. The van der Waals surface area contributed by atoms with Crippen LogP contribution in [0, 0.1) is 0 Å². The van der Waals surface area contributed by atoms with E-state index in [1.807, 2.05) is 48.5 Å². The van der Waals surface area contributed by atoms with Gasteiger partial charge < -0.3 is 9.84 Å². The molecule has 0 amide bonds. The summed E-state index contributed by atoms with van der Waals surface area (Å²) in [5.74, 6) is -0.154. The molecule has 0 aromatic heterocycles. The molecule has 0 spiro atoms. The van der Waals surface area contributed by atoms with Gasteiger partial charge >= 0.3 is 5.97 Å². The van der Waals surface area contributed by atoms with Crippen LogP contribution in [0.5, 0.6) is 5.75 Å². The Morgan fingerprint density at radius 3 is 2.24 bits per heavy atom. The van der Waals surface area contributed by atoms with Crippen molar-refractivity contribution in [3.05, 3.63) is 65.7 Å². The van der Waals surface area contributed by atoms with Crippen molar-refractivity contribution >= 4 is 23.9 Å². The van der Waals surface area contributed by atoms with Crippen molar-refractivity contribution < 1.29 is 14.6 Å². The molecule has 0 aliphatic carbocycles. The summed E-state index contributed by atoms with van der Waals surface area (Å²) in [5, 5.41) is 8.56. The number of rotatable bonds is 5. The standard InChI is InChI=1S/C17H15NO3/c1-21-16-9-4-14(5-10-16)12-18-15-7-2-13(3-8-15)6-11-17(19)20/h2-12H,1H3,(H,19,20)/b11-6+,18-12?. The molecule has 4 heteroatoms. The largest absolute Gasteiger partial charge is 0.497 e. The van der Waals surface area contributed by atoms with Crippen LogP contribution in [0.3, 0.4) is 0 Å². The van der Waals surface area contributed by atoms with Gasteiger partial charge in [-0.15, -0.1) is 0 Å². The third-order valence-corrected chi connectivity index (χ3v) is 2.79. The van der Waals surface area contributed by atoms with E-state index in [2.05, 4.69) is 4.99 Å². The highest BCUT2D eigenvalue weighted by molar-refractivity contribution is 5.85. The number of carboxylic acid groups (broad SMARTS) is 1. The number of carbonyl (C=O) groups is 1. The highest BCUT2D eigenvalue weighted by Crippen LogP contribution is 2.15. The Kier molecular flexibility index (Phi) is 4.88. The number of aliphatic carboxylic acids is 1. The summed E-state index contributed by atoms with van der Waals surface area (Å²) in [7, 11) is 1.63. The normalized spacial score (nSPS) is 11.1. The van der Waals surface area contributed by atoms with Crippen molar-refractivity contribution in [1.82, 2.24) is 0 Å². The minimum Gasteiger partial charge on any atom is -0.497 e. The summed E-state index contributed by atoms with van der Waals surface area (Å²) in [6.07, 6.45) is 4.41. The van der Waals surface area contributed by atoms with E-state index in [9.17, 15) is 4.79 Å². The van der Waals surface area contributed by atoms with Crippen LogP contribution >= 0.6 is 0 Å². The zero-order valence-corrected chi connectivity index (χ0v) is 11.6. The highest BCUT2D eigenvalue weighted by atomic mass is 16.5. The van der Waals surface area contributed by atoms with Crippen molar-refractivity contribution in [1.29, 1.82) is 0 Å². The van der Waals surface area contributed by atoms with Crippen molar-refractivity contribution in [2.45, 2.75) is 0 Å². The van der Waals surface area contributed by atoms with Crippen LogP contribution in [-0.2, 0) is 4.79 Å². The summed E-state index contributed by atoms with van der Waals surface area (Å²) in [5.41, 5.74) is 2.60. The van der Waals surface area contributed by atoms with Gasteiger partial charge in [0.25, 0.3) is 0 Å². The summed E-state index contributed by atoms with van der Waals surface area (Å²) < 4.78 is 5.09. The van der Waals surface area contributed by atoms with Gasteiger partial charge in [0.05, 0.1) is 12.8 Å². The van der Waals surface area contributed by atoms with Gasteiger partial charge in [0, 0.05) is 12.3 Å². The molecule has 4 nitrogen and oxygen atoms in total. The van der Waals surface area contributed by atoms with Gasteiger partial charge in [-0.2, -0.15) is 0 Å². The first-order valence-corrected chi connectivity index (χ1v) is 6.36. The number of carboxylic acids is 1. The van der Waals surface area contributed by atoms with Gasteiger partial charge in [-0.25, -0.2) is 4.79 Å². The third-order valence-electron chi connectivity index (χ3n) is 2.79. The lowest BCUT2D eigenvalue weighted by Crippen LogP contribution is -1.85. The first-order chi connectivity index (χ1) is 10.2. The molecule has 0 radical (unpaired) electrons. The minimum absolute atomic E-state index is 0.804. The van der Waals surface area contributed by atoms with E-state index in [-0.39, 0.29) is 0 Å². The van der Waals surface area contributed by atoms with E-state index in [1.54, 1.807) is 19.4 Å². The van der Waals surface area contributed by atoms with Crippen LogP contribution in [-0.4, -0.2) is 24.4 Å². The van der Waals surface area contributed by atoms with Crippen molar-refractivity contribution in [2.75, 3.05) is 7.11 Å². The zero-order valence-electron chi connectivity index (χ0n) is 11.6. The lowest BCUT2D eigenvalue weighted by atomic mass is 10.2. The second kappa shape index (κ2) is 7.05. The van der Waals surface area contributed by atoms with Gasteiger partial charge in [-0.3, -0.25) is 4.99 Å². The Labute approximate surface area is 123 Å². The lowest BCUT2D eigenvalue weighted by molar-refractivity contribution is -0.131. The number of methoxy groups -OCH3 is 1. The predicted molar refractivity (Wildman–Crippen MR) is 83.4 cm³/mol. The minimum atomic E-state index is -0.961. The number of aliphatic imine (C=N–C) groups is 1. The smallest absolute Gasteiger partial charge is 0.328 e. The predicted octanol–water partition coefficient (Wildman–Crippen LogP) is 3.54. The van der Waals surface area contributed by atoms with Crippen LogP contribution in [0.15, 0.2) is 59.6 Å². The van der Waals surface area contributed by atoms with E-state index in [1.165, 1.54) is 0 Å². The fourth-order valence-electron chi connectivity index (χ4n) is 1.68. The van der Waals surface area contributed by atoms with E-state index in [0.717, 1.165) is 28.6 Å². The Bertz CT molecular complexity index is 655. The number of hydrogen-bond acceptors (Lipinski definition) is 3. The van der Waals surface area contributed by atoms with Crippen molar-refractivity contribution in [2.24, 2.45) is 4.99 Å². The Morgan fingerprint density at radius 2 is 1.67 bits per heavy atom. The molecule has 1 N–H and O–H groups in total. The molecule has 0 atom stereocenters. The maximum absolute atomic E-state index is 10.4. The average molecular weight is 281 g/mol. The van der Waals surface area contributed by atoms with Crippen LogP contribution in [0.4, 0.5) is 5.69 Å². The molecule has 0 bridgehead atoms. The van der Waals surface area contributed by atoms with E-state index in [4.69, 9.17) is 9.84 Å². The summed E-state index contributed by atoms with van der Waals surface area (Å²) in [4.78, 5) is 14.8. The molecule has 0 aliphatic rings. The zero-order chi connectivity index (χ0) is 15.1. The summed E-state index contributed by atoms with van der Waals surface area (Å²) in [6, 6.07) is 14.9. The van der Waals surface area contributed by atoms with Crippen LogP contribution in [0.2, 0.25) is 0 Å². The molecule has 106 valence electrons. The number of ether oxygens (including phenoxy) is 1.